The van der Waals surface area contributed by atoms with E-state index in [1.54, 1.807) is 0 Å². The Labute approximate surface area is 114 Å². The lowest BCUT2D eigenvalue weighted by Gasteiger charge is -2.06. The molecular weight excluding hydrogens is 236 g/mol. The van der Waals surface area contributed by atoms with Crippen molar-refractivity contribution in [1.82, 2.24) is 0 Å². The zero-order valence-corrected chi connectivity index (χ0v) is 11.9. The van der Waals surface area contributed by atoms with Gasteiger partial charge < -0.3 is 4.42 Å². The summed E-state index contributed by atoms with van der Waals surface area (Å²) in [7, 11) is 0. The molecule has 0 saturated heterocycles. The standard InChI is InChI=1S/C17H22O2/c1-3-4-5-6-7-8-14-11-13(2)17-15(12-14)9-10-16(18)19-17/h9-12H,3-8H2,1-2H3. The fraction of sp³-hybridized carbons (Fsp3) is 0.471. The molecule has 0 aliphatic heterocycles. The first kappa shape index (κ1) is 13.9. The van der Waals surface area contributed by atoms with Crippen molar-refractivity contribution in [1.29, 1.82) is 0 Å². The number of hydrogen-bond donors (Lipinski definition) is 0. The van der Waals surface area contributed by atoms with Gasteiger partial charge in [0.25, 0.3) is 0 Å². The third kappa shape index (κ3) is 3.69. The first-order valence-electron chi connectivity index (χ1n) is 7.24. The number of rotatable bonds is 6. The van der Waals surface area contributed by atoms with Crippen molar-refractivity contribution in [3.63, 3.8) is 0 Å². The van der Waals surface area contributed by atoms with E-state index in [4.69, 9.17) is 4.42 Å². The number of fused-ring (bicyclic) bond motifs is 1. The molecular formula is C17H22O2. The fourth-order valence-electron chi connectivity index (χ4n) is 2.51. The average molecular weight is 258 g/mol. The molecule has 0 bridgehead atoms. The van der Waals surface area contributed by atoms with E-state index in [2.05, 4.69) is 19.1 Å². The van der Waals surface area contributed by atoms with Gasteiger partial charge in [0.1, 0.15) is 5.58 Å². The van der Waals surface area contributed by atoms with Crippen LogP contribution in [0.1, 0.15) is 50.2 Å². The predicted molar refractivity (Wildman–Crippen MR) is 79.7 cm³/mol. The summed E-state index contributed by atoms with van der Waals surface area (Å²) in [6.07, 6.45) is 7.60. The Hall–Kier alpha value is -1.57. The minimum atomic E-state index is -0.275. The lowest BCUT2D eigenvalue weighted by Crippen LogP contribution is -1.97. The molecule has 0 N–H and O–H groups in total. The fourth-order valence-corrected chi connectivity index (χ4v) is 2.51. The summed E-state index contributed by atoms with van der Waals surface area (Å²) in [5, 5.41) is 1.03. The predicted octanol–water partition coefficient (Wildman–Crippen LogP) is 4.61. The summed E-state index contributed by atoms with van der Waals surface area (Å²) < 4.78 is 5.25. The topological polar surface area (TPSA) is 30.2 Å². The lowest BCUT2D eigenvalue weighted by atomic mass is 10.0. The van der Waals surface area contributed by atoms with Crippen LogP contribution >= 0.6 is 0 Å². The Balaban J connectivity index is 2.08. The summed E-state index contributed by atoms with van der Waals surface area (Å²) in [5.74, 6) is 0. The maximum Gasteiger partial charge on any atom is 0.336 e. The molecule has 19 heavy (non-hydrogen) atoms. The highest BCUT2D eigenvalue weighted by Crippen LogP contribution is 2.20. The van der Waals surface area contributed by atoms with Crippen LogP contribution in [0.25, 0.3) is 11.0 Å². The Morgan fingerprint density at radius 1 is 1.05 bits per heavy atom. The van der Waals surface area contributed by atoms with Crippen molar-refractivity contribution in [2.45, 2.75) is 52.4 Å². The van der Waals surface area contributed by atoms with Gasteiger partial charge in [-0.25, -0.2) is 4.79 Å². The van der Waals surface area contributed by atoms with E-state index >= 15 is 0 Å². The summed E-state index contributed by atoms with van der Waals surface area (Å²) in [4.78, 5) is 11.2. The Morgan fingerprint density at radius 2 is 1.84 bits per heavy atom. The molecule has 0 fully saturated rings. The molecule has 2 rings (SSSR count). The smallest absolute Gasteiger partial charge is 0.336 e. The van der Waals surface area contributed by atoms with Crippen molar-refractivity contribution in [3.8, 4) is 0 Å². The van der Waals surface area contributed by atoms with Crippen molar-refractivity contribution in [2.75, 3.05) is 0 Å². The molecule has 1 aromatic carbocycles. The number of aryl methyl sites for hydroxylation is 2. The van der Waals surface area contributed by atoms with E-state index in [0.29, 0.717) is 0 Å². The van der Waals surface area contributed by atoms with Gasteiger partial charge in [0.05, 0.1) is 0 Å². The minimum Gasteiger partial charge on any atom is -0.422 e. The zero-order chi connectivity index (χ0) is 13.7. The van der Waals surface area contributed by atoms with Gasteiger partial charge in [-0.1, -0.05) is 38.7 Å². The van der Waals surface area contributed by atoms with E-state index < -0.39 is 0 Å². The zero-order valence-electron chi connectivity index (χ0n) is 11.9. The van der Waals surface area contributed by atoms with Crippen molar-refractivity contribution in [2.24, 2.45) is 0 Å². The monoisotopic (exact) mass is 258 g/mol. The molecule has 102 valence electrons. The molecule has 1 aromatic heterocycles. The normalized spacial score (nSPS) is 11.1. The molecule has 2 heteroatoms. The second kappa shape index (κ2) is 6.55. The second-order valence-electron chi connectivity index (χ2n) is 5.25. The van der Waals surface area contributed by atoms with E-state index in [1.807, 2.05) is 13.0 Å². The van der Waals surface area contributed by atoms with E-state index in [9.17, 15) is 4.79 Å². The van der Waals surface area contributed by atoms with Crippen LogP contribution in [-0.4, -0.2) is 0 Å². The Kier molecular flexibility index (Phi) is 4.78. The van der Waals surface area contributed by atoms with E-state index in [1.165, 1.54) is 43.7 Å². The number of benzene rings is 1. The van der Waals surface area contributed by atoms with Crippen LogP contribution in [0.4, 0.5) is 0 Å². The van der Waals surface area contributed by atoms with Gasteiger partial charge in [-0.3, -0.25) is 0 Å². The van der Waals surface area contributed by atoms with Crippen LogP contribution in [0.3, 0.4) is 0 Å². The molecule has 0 spiro atoms. The summed E-state index contributed by atoms with van der Waals surface area (Å²) in [6.45, 7) is 4.24. The van der Waals surface area contributed by atoms with Crippen LogP contribution in [0.15, 0.2) is 33.5 Å². The van der Waals surface area contributed by atoms with Gasteiger partial charge in [0, 0.05) is 11.5 Å². The van der Waals surface area contributed by atoms with E-state index in [-0.39, 0.29) is 5.63 Å². The second-order valence-corrected chi connectivity index (χ2v) is 5.25. The number of hydrogen-bond acceptors (Lipinski definition) is 2. The van der Waals surface area contributed by atoms with E-state index in [0.717, 1.165) is 23.0 Å². The maximum atomic E-state index is 11.2. The molecule has 0 amide bonds. The highest BCUT2D eigenvalue weighted by Gasteiger charge is 2.04. The van der Waals surface area contributed by atoms with Crippen LogP contribution in [0.2, 0.25) is 0 Å². The number of unbranched alkanes of at least 4 members (excludes halogenated alkanes) is 4. The van der Waals surface area contributed by atoms with Crippen LogP contribution in [0, 0.1) is 6.92 Å². The lowest BCUT2D eigenvalue weighted by molar-refractivity contribution is 0.558. The third-order valence-electron chi connectivity index (χ3n) is 3.53. The van der Waals surface area contributed by atoms with Gasteiger partial charge in [0.15, 0.2) is 0 Å². The quantitative estimate of drug-likeness (QED) is 0.559. The van der Waals surface area contributed by atoms with Gasteiger partial charge in [-0.05, 0) is 43.0 Å². The van der Waals surface area contributed by atoms with Gasteiger partial charge >= 0.3 is 5.63 Å². The minimum absolute atomic E-state index is 0.275. The molecule has 0 saturated carbocycles. The first-order chi connectivity index (χ1) is 9.20. The van der Waals surface area contributed by atoms with Gasteiger partial charge in [-0.15, -0.1) is 0 Å². The van der Waals surface area contributed by atoms with Crippen LogP contribution < -0.4 is 5.63 Å². The Morgan fingerprint density at radius 3 is 2.63 bits per heavy atom. The van der Waals surface area contributed by atoms with Crippen molar-refractivity contribution in [3.05, 3.63) is 45.8 Å². The Bertz CT molecular complexity index is 596. The molecule has 0 radical (unpaired) electrons. The summed E-state index contributed by atoms with van der Waals surface area (Å²) >= 11 is 0. The summed E-state index contributed by atoms with van der Waals surface area (Å²) in [6, 6.07) is 7.64. The van der Waals surface area contributed by atoms with Crippen LogP contribution in [0.5, 0.6) is 0 Å². The average Bonchev–Trinajstić information content (AvgIpc) is 2.39. The molecule has 0 aliphatic rings. The van der Waals surface area contributed by atoms with Crippen molar-refractivity contribution >= 4 is 11.0 Å². The highest BCUT2D eigenvalue weighted by molar-refractivity contribution is 5.80. The van der Waals surface area contributed by atoms with Gasteiger partial charge in [0.2, 0.25) is 0 Å². The maximum absolute atomic E-state index is 11.2. The SMILES string of the molecule is CCCCCCCc1cc(C)c2oc(=O)ccc2c1. The third-order valence-corrected chi connectivity index (χ3v) is 3.53. The van der Waals surface area contributed by atoms with Crippen LogP contribution in [-0.2, 0) is 6.42 Å². The highest BCUT2D eigenvalue weighted by atomic mass is 16.4. The summed E-state index contributed by atoms with van der Waals surface area (Å²) in [5.41, 5.74) is 2.85. The molecule has 2 nitrogen and oxygen atoms in total. The first-order valence-corrected chi connectivity index (χ1v) is 7.24. The largest absolute Gasteiger partial charge is 0.422 e. The molecule has 0 aliphatic carbocycles. The molecule has 0 unspecified atom stereocenters. The molecule has 2 aromatic rings. The van der Waals surface area contributed by atoms with Crippen molar-refractivity contribution < 1.29 is 4.42 Å². The van der Waals surface area contributed by atoms with Gasteiger partial charge in [-0.2, -0.15) is 0 Å². The molecule has 0 atom stereocenters. The molecule has 1 heterocycles.